The second-order valence-electron chi connectivity index (χ2n) is 11.4. The van der Waals surface area contributed by atoms with Gasteiger partial charge in [0.2, 0.25) is 17.8 Å². The molecule has 50 heavy (non-hydrogen) atoms. The summed E-state index contributed by atoms with van der Waals surface area (Å²) in [7, 11) is -3.70. The lowest BCUT2D eigenvalue weighted by Gasteiger charge is -2.11. The molecule has 15 nitrogen and oxygen atoms in total. The molecule has 0 aliphatic rings. The number of sulfone groups is 1. The predicted molar refractivity (Wildman–Crippen MR) is 185 cm³/mol. The Morgan fingerprint density at radius 1 is 0.820 bits per heavy atom. The van der Waals surface area contributed by atoms with Crippen molar-refractivity contribution in [2.75, 3.05) is 16.9 Å². The minimum absolute atomic E-state index is 0.0129. The van der Waals surface area contributed by atoms with Crippen molar-refractivity contribution in [3.05, 3.63) is 114 Å². The van der Waals surface area contributed by atoms with Crippen LogP contribution in [0.3, 0.4) is 0 Å². The van der Waals surface area contributed by atoms with Gasteiger partial charge in [-0.25, -0.2) is 8.42 Å². The summed E-state index contributed by atoms with van der Waals surface area (Å²) in [5, 5.41) is 20.0. The molecule has 16 heteroatoms. The van der Waals surface area contributed by atoms with Crippen molar-refractivity contribution in [2.24, 2.45) is 0 Å². The minimum Gasteiger partial charge on any atom is -0.347 e. The largest absolute Gasteiger partial charge is 0.347 e. The minimum atomic E-state index is -3.70. The standard InChI is InChI=1S/C34H29N11O4S/c1-50(48,49)28-19-24(32(47)40-34-39-30(41-44-34)25-7-4-5-15-35-25)11-10-23(28)18-21-9-12-26(36-20-21)31-38-33(43-42-31)37-29(46)14-17-45-16-13-22-6-2-3-8-27(22)45/h2-13,15-16,19-20H,14,17-18H2,1H3,(H2,37,38,42,43,46)(H2,39,40,41,44,47). The highest BCUT2D eigenvalue weighted by Crippen LogP contribution is 2.23. The van der Waals surface area contributed by atoms with E-state index in [0.717, 1.165) is 22.7 Å². The summed E-state index contributed by atoms with van der Waals surface area (Å²) in [6.07, 6.45) is 6.73. The molecule has 4 N–H and O–H groups in total. The fourth-order valence-corrected chi connectivity index (χ4v) is 6.32. The third-order valence-corrected chi connectivity index (χ3v) is 8.98. The Morgan fingerprint density at radius 3 is 2.28 bits per heavy atom. The maximum absolute atomic E-state index is 13.0. The summed E-state index contributed by atoms with van der Waals surface area (Å²) in [4.78, 5) is 42.8. The summed E-state index contributed by atoms with van der Waals surface area (Å²) < 4.78 is 27.6. The zero-order valence-corrected chi connectivity index (χ0v) is 27.3. The Hall–Kier alpha value is -6.55. The van der Waals surface area contributed by atoms with Crippen molar-refractivity contribution in [3.63, 3.8) is 0 Å². The first-order valence-electron chi connectivity index (χ1n) is 15.4. The van der Waals surface area contributed by atoms with E-state index >= 15 is 0 Å². The molecule has 0 fully saturated rings. The molecule has 0 saturated carbocycles. The number of aromatic amines is 2. The van der Waals surface area contributed by atoms with Gasteiger partial charge in [0, 0.05) is 55.3 Å². The van der Waals surface area contributed by atoms with Gasteiger partial charge in [-0.3, -0.25) is 40.4 Å². The third kappa shape index (κ3) is 7.14. The summed E-state index contributed by atoms with van der Waals surface area (Å²) in [6.45, 7) is 0.507. The smallest absolute Gasteiger partial charge is 0.258 e. The Kier molecular flexibility index (Phi) is 8.66. The van der Waals surface area contributed by atoms with E-state index < -0.39 is 15.7 Å². The molecule has 0 radical (unpaired) electrons. The van der Waals surface area contributed by atoms with E-state index in [1.54, 1.807) is 54.9 Å². The van der Waals surface area contributed by atoms with Crippen molar-refractivity contribution in [1.29, 1.82) is 0 Å². The zero-order valence-electron chi connectivity index (χ0n) is 26.5. The van der Waals surface area contributed by atoms with E-state index in [1.165, 1.54) is 6.07 Å². The van der Waals surface area contributed by atoms with Crippen LogP contribution in [0.25, 0.3) is 33.9 Å². The van der Waals surface area contributed by atoms with Crippen LogP contribution in [-0.2, 0) is 27.6 Å². The third-order valence-electron chi connectivity index (χ3n) is 7.81. The summed E-state index contributed by atoms with van der Waals surface area (Å²) in [5.41, 5.74) is 3.43. The normalized spacial score (nSPS) is 11.5. The van der Waals surface area contributed by atoms with Crippen LogP contribution in [-0.4, -0.2) is 71.4 Å². The number of hydrogen-bond acceptors (Lipinski definition) is 10. The van der Waals surface area contributed by atoms with Gasteiger partial charge in [-0.2, -0.15) is 9.97 Å². The van der Waals surface area contributed by atoms with Crippen molar-refractivity contribution in [3.8, 4) is 23.0 Å². The lowest BCUT2D eigenvalue weighted by molar-refractivity contribution is -0.116. The van der Waals surface area contributed by atoms with Gasteiger partial charge in [-0.05, 0) is 59.0 Å². The number of aromatic nitrogens is 9. The van der Waals surface area contributed by atoms with E-state index in [-0.39, 0.29) is 41.1 Å². The molecule has 7 rings (SSSR count). The molecule has 2 amide bonds. The number of carbonyl (C=O) groups is 2. The highest BCUT2D eigenvalue weighted by molar-refractivity contribution is 7.90. The quantitative estimate of drug-likeness (QED) is 0.152. The number of nitrogens with one attached hydrogen (secondary N) is 4. The summed E-state index contributed by atoms with van der Waals surface area (Å²) in [5.74, 6) is 0.0812. The predicted octanol–water partition coefficient (Wildman–Crippen LogP) is 4.28. The van der Waals surface area contributed by atoms with E-state index in [0.29, 0.717) is 35.1 Å². The molecule has 5 aromatic heterocycles. The van der Waals surface area contributed by atoms with Crippen LogP contribution in [0.15, 0.2) is 102 Å². The number of pyridine rings is 2. The Labute approximate surface area is 285 Å². The molecule has 0 atom stereocenters. The SMILES string of the molecule is CS(=O)(=O)c1cc(C(=O)Nc2n[nH]c(-c3ccccn3)n2)ccc1Cc1ccc(-c2nc(NC(=O)CCn3ccc4ccccc43)n[nH]2)nc1. The number of amides is 2. The van der Waals surface area contributed by atoms with Crippen molar-refractivity contribution in [2.45, 2.75) is 24.3 Å². The van der Waals surface area contributed by atoms with E-state index in [4.69, 9.17) is 0 Å². The van der Waals surface area contributed by atoms with Crippen LogP contribution in [0.5, 0.6) is 0 Å². The zero-order chi connectivity index (χ0) is 34.7. The number of aryl methyl sites for hydroxylation is 1. The van der Waals surface area contributed by atoms with Gasteiger partial charge in [0.15, 0.2) is 21.5 Å². The van der Waals surface area contributed by atoms with Gasteiger partial charge >= 0.3 is 0 Å². The number of benzene rings is 2. The topological polar surface area (TPSA) is 206 Å². The summed E-state index contributed by atoms with van der Waals surface area (Å²) in [6, 6.07) is 23.3. The van der Waals surface area contributed by atoms with E-state index in [2.05, 4.69) is 51.0 Å². The fourth-order valence-electron chi connectivity index (χ4n) is 5.36. The lowest BCUT2D eigenvalue weighted by Crippen LogP contribution is -2.15. The van der Waals surface area contributed by atoms with Crippen LogP contribution in [0.4, 0.5) is 11.9 Å². The van der Waals surface area contributed by atoms with E-state index in [9.17, 15) is 18.0 Å². The lowest BCUT2D eigenvalue weighted by atomic mass is 10.0. The Morgan fingerprint density at radius 2 is 1.56 bits per heavy atom. The molecular weight excluding hydrogens is 659 g/mol. The highest BCUT2D eigenvalue weighted by atomic mass is 32.2. The molecule has 7 aromatic rings. The molecule has 5 heterocycles. The van der Waals surface area contributed by atoms with Gasteiger partial charge < -0.3 is 4.57 Å². The number of nitrogens with zero attached hydrogens (tertiary/aromatic N) is 7. The highest BCUT2D eigenvalue weighted by Gasteiger charge is 2.19. The van der Waals surface area contributed by atoms with E-state index in [1.807, 2.05) is 41.1 Å². The van der Waals surface area contributed by atoms with Gasteiger partial charge in [0.1, 0.15) is 11.4 Å². The van der Waals surface area contributed by atoms with Crippen LogP contribution in [0, 0.1) is 0 Å². The van der Waals surface area contributed by atoms with Gasteiger partial charge in [0.05, 0.1) is 4.90 Å². The first-order chi connectivity index (χ1) is 24.2. The van der Waals surface area contributed by atoms with Crippen molar-refractivity contribution >= 4 is 44.5 Å². The monoisotopic (exact) mass is 687 g/mol. The fraction of sp³-hybridized carbons (Fsp3) is 0.118. The van der Waals surface area contributed by atoms with Gasteiger partial charge in [-0.15, -0.1) is 10.2 Å². The molecule has 0 spiro atoms. The number of hydrogen-bond donors (Lipinski definition) is 4. The molecule has 0 bridgehead atoms. The van der Waals surface area contributed by atoms with Crippen LogP contribution >= 0.6 is 0 Å². The number of para-hydroxylation sites is 1. The Balaban J connectivity index is 0.986. The molecule has 250 valence electrons. The molecule has 0 saturated heterocycles. The number of anilines is 2. The maximum atomic E-state index is 13.0. The maximum Gasteiger partial charge on any atom is 0.258 e. The van der Waals surface area contributed by atoms with Gasteiger partial charge in [-0.1, -0.05) is 36.4 Å². The Bertz CT molecular complexity index is 2440. The number of carbonyl (C=O) groups excluding carboxylic acids is 2. The number of rotatable bonds is 11. The van der Waals surface area contributed by atoms with Crippen LogP contribution in [0.2, 0.25) is 0 Å². The van der Waals surface area contributed by atoms with Crippen LogP contribution < -0.4 is 10.6 Å². The molecule has 0 aliphatic carbocycles. The first-order valence-corrected chi connectivity index (χ1v) is 17.3. The second kappa shape index (κ2) is 13.5. The molecule has 0 unspecified atom stereocenters. The van der Waals surface area contributed by atoms with Gasteiger partial charge in [0.25, 0.3) is 5.91 Å². The molecule has 2 aromatic carbocycles. The van der Waals surface area contributed by atoms with Crippen molar-refractivity contribution < 1.29 is 18.0 Å². The number of H-pyrrole nitrogens is 2. The average Bonchev–Trinajstić information content (AvgIpc) is 3.88. The molecular formula is C34H29N11O4S. The van der Waals surface area contributed by atoms with Crippen molar-refractivity contribution in [1.82, 2.24) is 44.9 Å². The first kappa shape index (κ1) is 32.0. The second-order valence-corrected chi connectivity index (χ2v) is 13.4. The average molecular weight is 688 g/mol. The molecule has 0 aliphatic heterocycles. The van der Waals surface area contributed by atoms with Crippen LogP contribution in [0.1, 0.15) is 27.9 Å². The summed E-state index contributed by atoms with van der Waals surface area (Å²) >= 11 is 0. The number of fused-ring (bicyclic) bond motifs is 1.